The number of carbonyl (C=O) groups excluding carboxylic acids is 1. The van der Waals surface area contributed by atoms with Gasteiger partial charge in [-0.1, -0.05) is 0 Å². The monoisotopic (exact) mass is 340 g/mol. The van der Waals surface area contributed by atoms with Crippen molar-refractivity contribution in [1.82, 2.24) is 10.2 Å². The van der Waals surface area contributed by atoms with Gasteiger partial charge in [-0.05, 0) is 56.6 Å². The lowest BCUT2D eigenvalue weighted by Gasteiger charge is -2.19. The third kappa shape index (κ3) is 5.00. The van der Waals surface area contributed by atoms with E-state index < -0.39 is 10.0 Å². The molecule has 2 rings (SSSR count). The van der Waals surface area contributed by atoms with E-state index in [0.717, 1.165) is 43.7 Å². The van der Waals surface area contributed by atoms with Crippen LogP contribution >= 0.6 is 0 Å². The minimum atomic E-state index is -3.80. The average molecular weight is 340 g/mol. The Morgan fingerprint density at radius 2 is 2.04 bits per heavy atom. The van der Waals surface area contributed by atoms with Gasteiger partial charge in [0, 0.05) is 18.8 Å². The summed E-state index contributed by atoms with van der Waals surface area (Å²) in [7, 11) is -3.80. The van der Waals surface area contributed by atoms with E-state index in [1.165, 1.54) is 12.1 Å². The third-order valence-electron chi connectivity index (χ3n) is 4.04. The Hall–Kier alpha value is -1.48. The molecule has 23 heavy (non-hydrogen) atoms. The topological polar surface area (TPSA) is 105 Å². The van der Waals surface area contributed by atoms with E-state index in [0.29, 0.717) is 12.2 Å². The van der Waals surface area contributed by atoms with Gasteiger partial charge >= 0.3 is 0 Å². The molecule has 0 aromatic heterocycles. The van der Waals surface area contributed by atoms with Crippen LogP contribution in [0.5, 0.6) is 0 Å². The number of sulfonamides is 1. The second-order valence-electron chi connectivity index (χ2n) is 5.89. The number of benzene rings is 1. The number of nitrogens with two attached hydrogens (primary N) is 1. The second-order valence-corrected chi connectivity index (χ2v) is 7.45. The Labute approximate surface area is 137 Å². The molecule has 7 nitrogen and oxygen atoms in total. The maximum absolute atomic E-state index is 12.3. The maximum Gasteiger partial charge on any atom is 0.238 e. The largest absolute Gasteiger partial charge is 0.325 e. The van der Waals surface area contributed by atoms with E-state index in [1.54, 1.807) is 6.92 Å². The second kappa shape index (κ2) is 7.39. The van der Waals surface area contributed by atoms with Crippen molar-refractivity contribution in [2.24, 2.45) is 5.14 Å². The van der Waals surface area contributed by atoms with E-state index >= 15 is 0 Å². The molecule has 1 heterocycles. The summed E-state index contributed by atoms with van der Waals surface area (Å²) >= 11 is 0. The van der Waals surface area contributed by atoms with Crippen molar-refractivity contribution in [3.8, 4) is 0 Å². The highest BCUT2D eigenvalue weighted by Gasteiger charge is 2.16. The summed E-state index contributed by atoms with van der Waals surface area (Å²) in [5.74, 6) is -0.152. The molecule has 1 aromatic rings. The normalized spacial score (nSPS) is 16.8. The quantitative estimate of drug-likeness (QED) is 0.725. The van der Waals surface area contributed by atoms with Gasteiger partial charge in [-0.2, -0.15) is 0 Å². The lowest BCUT2D eigenvalue weighted by Crippen LogP contribution is -2.35. The molecule has 0 atom stereocenters. The molecule has 0 spiro atoms. The fourth-order valence-electron chi connectivity index (χ4n) is 2.57. The van der Waals surface area contributed by atoms with Crippen LogP contribution in [-0.2, 0) is 14.8 Å². The van der Waals surface area contributed by atoms with Crippen LogP contribution in [0, 0.1) is 13.8 Å². The Morgan fingerprint density at radius 1 is 1.30 bits per heavy atom. The molecule has 1 fully saturated rings. The molecule has 1 amide bonds. The number of nitrogens with zero attached hydrogens (tertiary/aromatic N) is 1. The number of rotatable bonds is 4. The molecule has 1 aliphatic rings. The first-order valence-electron chi connectivity index (χ1n) is 7.64. The molecule has 4 N–H and O–H groups in total. The Bertz CT molecular complexity index is 680. The van der Waals surface area contributed by atoms with Gasteiger partial charge in [-0.25, -0.2) is 13.6 Å². The van der Waals surface area contributed by atoms with Gasteiger partial charge in [-0.15, -0.1) is 0 Å². The zero-order chi connectivity index (χ0) is 17.0. The van der Waals surface area contributed by atoms with Crippen LogP contribution in [0.1, 0.15) is 17.5 Å². The standard InChI is InChI=1S/C15H24N4O3S/c1-11-8-13(23(16,21)22)9-14(12(11)2)18-15(20)10-19-6-3-4-17-5-7-19/h8-9,17H,3-7,10H2,1-2H3,(H,18,20)(H2,16,21,22). The predicted molar refractivity (Wildman–Crippen MR) is 89.8 cm³/mol. The van der Waals surface area contributed by atoms with Crippen molar-refractivity contribution in [2.75, 3.05) is 38.0 Å². The van der Waals surface area contributed by atoms with Gasteiger partial charge in [0.25, 0.3) is 0 Å². The van der Waals surface area contributed by atoms with Crippen LogP contribution in [0.4, 0.5) is 5.69 Å². The molecule has 0 aliphatic carbocycles. The molecule has 1 aromatic carbocycles. The van der Waals surface area contributed by atoms with E-state index in [2.05, 4.69) is 15.5 Å². The van der Waals surface area contributed by atoms with E-state index in [9.17, 15) is 13.2 Å². The Balaban J connectivity index is 2.12. The van der Waals surface area contributed by atoms with Gasteiger partial charge in [0.05, 0.1) is 11.4 Å². The minimum absolute atomic E-state index is 0.00914. The van der Waals surface area contributed by atoms with Crippen molar-refractivity contribution >= 4 is 21.6 Å². The van der Waals surface area contributed by atoms with Gasteiger partial charge in [-0.3, -0.25) is 9.69 Å². The van der Waals surface area contributed by atoms with Crippen LogP contribution in [0.15, 0.2) is 17.0 Å². The highest BCUT2D eigenvalue weighted by molar-refractivity contribution is 7.89. The molecule has 0 radical (unpaired) electrons. The summed E-state index contributed by atoms with van der Waals surface area (Å²) in [6.07, 6.45) is 1.01. The fraction of sp³-hybridized carbons (Fsp3) is 0.533. The fourth-order valence-corrected chi connectivity index (χ4v) is 3.20. The molecular weight excluding hydrogens is 316 g/mol. The number of hydrogen-bond acceptors (Lipinski definition) is 5. The summed E-state index contributed by atoms with van der Waals surface area (Å²) in [6, 6.07) is 2.93. The van der Waals surface area contributed by atoms with Gasteiger partial charge in [0.2, 0.25) is 15.9 Å². The molecule has 8 heteroatoms. The minimum Gasteiger partial charge on any atom is -0.325 e. The number of primary sulfonamides is 1. The lowest BCUT2D eigenvalue weighted by atomic mass is 10.1. The SMILES string of the molecule is Cc1cc(S(N)(=O)=O)cc(NC(=O)CN2CCCNCC2)c1C. The van der Waals surface area contributed by atoms with E-state index in [1.807, 2.05) is 6.92 Å². The Kier molecular flexibility index (Phi) is 5.74. The van der Waals surface area contributed by atoms with E-state index in [-0.39, 0.29) is 10.8 Å². The smallest absolute Gasteiger partial charge is 0.238 e. The number of nitrogens with one attached hydrogen (secondary N) is 2. The van der Waals surface area contributed by atoms with Crippen LogP contribution < -0.4 is 15.8 Å². The summed E-state index contributed by atoms with van der Waals surface area (Å²) in [5.41, 5.74) is 2.10. The van der Waals surface area contributed by atoms with Gasteiger partial charge in [0.1, 0.15) is 0 Å². The van der Waals surface area contributed by atoms with Crippen LogP contribution in [0.3, 0.4) is 0 Å². The van der Waals surface area contributed by atoms with Crippen molar-refractivity contribution in [3.05, 3.63) is 23.3 Å². The molecular formula is C15H24N4O3S. The average Bonchev–Trinajstić information content (AvgIpc) is 2.71. The zero-order valence-corrected chi connectivity index (χ0v) is 14.4. The number of amides is 1. The van der Waals surface area contributed by atoms with Crippen molar-refractivity contribution in [1.29, 1.82) is 0 Å². The predicted octanol–water partition coefficient (Wildman–Crippen LogP) is 0.185. The number of carbonyl (C=O) groups is 1. The number of anilines is 1. The van der Waals surface area contributed by atoms with Crippen molar-refractivity contribution < 1.29 is 13.2 Å². The summed E-state index contributed by atoms with van der Waals surface area (Å²) in [5, 5.41) is 11.3. The molecule has 128 valence electrons. The summed E-state index contributed by atoms with van der Waals surface area (Å²) in [4.78, 5) is 14.4. The first-order valence-corrected chi connectivity index (χ1v) is 9.19. The molecule has 0 unspecified atom stereocenters. The number of hydrogen-bond donors (Lipinski definition) is 3. The van der Waals surface area contributed by atoms with Crippen molar-refractivity contribution in [2.45, 2.75) is 25.2 Å². The van der Waals surface area contributed by atoms with Crippen LogP contribution in [0.2, 0.25) is 0 Å². The summed E-state index contributed by atoms with van der Waals surface area (Å²) < 4.78 is 23.1. The third-order valence-corrected chi connectivity index (χ3v) is 4.94. The molecule has 0 bridgehead atoms. The molecule has 1 aliphatic heterocycles. The molecule has 0 saturated carbocycles. The highest BCUT2D eigenvalue weighted by atomic mass is 32.2. The summed E-state index contributed by atoms with van der Waals surface area (Å²) in [6.45, 7) is 7.45. The van der Waals surface area contributed by atoms with Crippen molar-refractivity contribution in [3.63, 3.8) is 0 Å². The van der Waals surface area contributed by atoms with E-state index in [4.69, 9.17) is 5.14 Å². The highest BCUT2D eigenvalue weighted by Crippen LogP contribution is 2.23. The Morgan fingerprint density at radius 3 is 2.74 bits per heavy atom. The lowest BCUT2D eigenvalue weighted by molar-refractivity contribution is -0.117. The molecule has 1 saturated heterocycles. The van der Waals surface area contributed by atoms with Crippen LogP contribution in [-0.4, -0.2) is 51.9 Å². The maximum atomic E-state index is 12.3. The number of aryl methyl sites for hydroxylation is 1. The van der Waals surface area contributed by atoms with Crippen LogP contribution in [0.25, 0.3) is 0 Å². The first kappa shape index (κ1) is 17.9. The van der Waals surface area contributed by atoms with Gasteiger partial charge in [0.15, 0.2) is 0 Å². The first-order chi connectivity index (χ1) is 10.8. The van der Waals surface area contributed by atoms with Gasteiger partial charge < -0.3 is 10.6 Å². The zero-order valence-electron chi connectivity index (χ0n) is 13.6.